The highest BCUT2D eigenvalue weighted by Gasteiger charge is 2.16. The smallest absolute Gasteiger partial charge is 0.283 e. The zero-order chi connectivity index (χ0) is 18.1. The van der Waals surface area contributed by atoms with Gasteiger partial charge >= 0.3 is 0 Å². The Hall–Kier alpha value is -3.88. The van der Waals surface area contributed by atoms with Gasteiger partial charge in [0, 0.05) is 11.6 Å². The lowest BCUT2D eigenvalue weighted by Gasteiger charge is -2.06. The maximum atomic E-state index is 12.7. The van der Waals surface area contributed by atoms with Gasteiger partial charge in [0.1, 0.15) is 6.33 Å². The molecular weight excluding hydrogens is 336 g/mol. The Balaban J connectivity index is 1.79. The van der Waals surface area contributed by atoms with E-state index in [0.29, 0.717) is 11.2 Å². The molecule has 2 aromatic carbocycles. The highest BCUT2D eigenvalue weighted by atomic mass is 16.6. The fraction of sp³-hybridized carbons (Fsp3) is 0.0588. The minimum absolute atomic E-state index is 0.0249. The third-order valence-corrected chi connectivity index (χ3v) is 3.96. The van der Waals surface area contributed by atoms with Crippen molar-refractivity contribution in [2.24, 2.45) is 0 Å². The largest absolute Gasteiger partial charge is 0.292 e. The third kappa shape index (κ3) is 2.61. The summed E-state index contributed by atoms with van der Waals surface area (Å²) in [5.41, 5.74) is 1.13. The molecule has 0 fully saturated rings. The number of hydrogen-bond donors (Lipinski definition) is 0. The van der Waals surface area contributed by atoms with Crippen molar-refractivity contribution in [1.82, 2.24) is 24.5 Å². The SMILES string of the molecule is O=c1c2nnn(-c3ccccc3)c2ncn1Cc1ccccc1[N+](=O)[O-]. The van der Waals surface area contributed by atoms with E-state index in [-0.39, 0.29) is 17.7 Å². The predicted molar refractivity (Wildman–Crippen MR) is 93.1 cm³/mol. The lowest BCUT2D eigenvalue weighted by atomic mass is 10.2. The van der Waals surface area contributed by atoms with Crippen LogP contribution in [0.5, 0.6) is 0 Å². The quantitative estimate of drug-likeness (QED) is 0.412. The van der Waals surface area contributed by atoms with Gasteiger partial charge in [-0.25, -0.2) is 4.98 Å². The molecule has 0 aliphatic rings. The minimum atomic E-state index is -0.474. The molecule has 0 aliphatic heterocycles. The first-order chi connectivity index (χ1) is 12.6. The minimum Gasteiger partial charge on any atom is -0.292 e. The van der Waals surface area contributed by atoms with Crippen LogP contribution in [0, 0.1) is 10.1 Å². The fourth-order valence-corrected chi connectivity index (χ4v) is 2.71. The predicted octanol–water partition coefficient (Wildman–Crippen LogP) is 1.93. The first-order valence-corrected chi connectivity index (χ1v) is 7.74. The topological polar surface area (TPSA) is 109 Å². The van der Waals surface area contributed by atoms with Crippen molar-refractivity contribution in [2.45, 2.75) is 6.54 Å². The monoisotopic (exact) mass is 348 g/mol. The van der Waals surface area contributed by atoms with Crippen molar-refractivity contribution in [3.63, 3.8) is 0 Å². The van der Waals surface area contributed by atoms with Gasteiger partial charge in [-0.3, -0.25) is 19.5 Å². The normalized spacial score (nSPS) is 10.9. The number of rotatable bonds is 4. The number of hydrogen-bond acceptors (Lipinski definition) is 6. The second-order valence-electron chi connectivity index (χ2n) is 5.57. The lowest BCUT2D eigenvalue weighted by Crippen LogP contribution is -2.22. The Morgan fingerprint density at radius 2 is 1.77 bits per heavy atom. The molecule has 2 heterocycles. The average Bonchev–Trinajstić information content (AvgIpc) is 3.10. The summed E-state index contributed by atoms with van der Waals surface area (Å²) >= 11 is 0. The molecule has 26 heavy (non-hydrogen) atoms. The number of fused-ring (bicyclic) bond motifs is 1. The molecule has 0 amide bonds. The van der Waals surface area contributed by atoms with E-state index in [1.54, 1.807) is 18.2 Å². The number of nitrogens with zero attached hydrogens (tertiary/aromatic N) is 6. The zero-order valence-electron chi connectivity index (χ0n) is 13.4. The molecular formula is C17H12N6O3. The van der Waals surface area contributed by atoms with Crippen molar-refractivity contribution < 1.29 is 4.92 Å². The molecule has 4 rings (SSSR count). The summed E-state index contributed by atoms with van der Waals surface area (Å²) in [5, 5.41) is 19.1. The van der Waals surface area contributed by atoms with Crippen LogP contribution in [-0.2, 0) is 6.54 Å². The van der Waals surface area contributed by atoms with Crippen LogP contribution in [0.3, 0.4) is 0 Å². The van der Waals surface area contributed by atoms with E-state index in [1.807, 2.05) is 30.3 Å². The van der Waals surface area contributed by atoms with Gasteiger partial charge in [-0.05, 0) is 12.1 Å². The highest BCUT2D eigenvalue weighted by molar-refractivity contribution is 5.70. The summed E-state index contributed by atoms with van der Waals surface area (Å²) in [7, 11) is 0. The van der Waals surface area contributed by atoms with Gasteiger partial charge in [-0.2, -0.15) is 4.68 Å². The summed E-state index contributed by atoms with van der Waals surface area (Å²) in [4.78, 5) is 27.6. The first-order valence-electron chi connectivity index (χ1n) is 7.74. The molecule has 0 atom stereocenters. The summed E-state index contributed by atoms with van der Waals surface area (Å²) < 4.78 is 2.76. The van der Waals surface area contributed by atoms with Crippen LogP contribution in [0.4, 0.5) is 5.69 Å². The Kier molecular flexibility index (Phi) is 3.73. The summed E-state index contributed by atoms with van der Waals surface area (Å²) in [5.74, 6) is 0. The number of benzene rings is 2. The van der Waals surface area contributed by atoms with E-state index in [0.717, 1.165) is 5.69 Å². The molecule has 0 saturated carbocycles. The summed E-state index contributed by atoms with van der Waals surface area (Å²) in [6, 6.07) is 15.5. The summed E-state index contributed by atoms with van der Waals surface area (Å²) in [6.45, 7) is 0.0249. The van der Waals surface area contributed by atoms with Crippen LogP contribution >= 0.6 is 0 Å². The molecule has 4 aromatic rings. The van der Waals surface area contributed by atoms with E-state index < -0.39 is 10.5 Å². The summed E-state index contributed by atoms with van der Waals surface area (Å²) in [6.07, 6.45) is 1.35. The van der Waals surface area contributed by atoms with Gasteiger partial charge in [-0.1, -0.05) is 41.6 Å². The second kappa shape index (κ2) is 6.20. The molecule has 0 N–H and O–H groups in total. The molecule has 0 saturated heterocycles. The molecule has 0 spiro atoms. The van der Waals surface area contributed by atoms with Crippen LogP contribution in [0.1, 0.15) is 5.56 Å². The highest BCUT2D eigenvalue weighted by Crippen LogP contribution is 2.18. The molecule has 128 valence electrons. The zero-order valence-corrected chi connectivity index (χ0v) is 13.4. The van der Waals surface area contributed by atoms with E-state index >= 15 is 0 Å². The Morgan fingerprint density at radius 3 is 2.54 bits per heavy atom. The molecule has 9 heteroatoms. The van der Waals surface area contributed by atoms with Gasteiger partial charge in [-0.15, -0.1) is 5.10 Å². The molecule has 9 nitrogen and oxygen atoms in total. The number of nitro groups is 1. The van der Waals surface area contributed by atoms with Crippen LogP contribution in [0.25, 0.3) is 16.9 Å². The molecule has 0 bridgehead atoms. The van der Waals surface area contributed by atoms with Gasteiger partial charge in [0.05, 0.1) is 17.2 Å². The Labute approximate surface area is 146 Å². The fourth-order valence-electron chi connectivity index (χ4n) is 2.71. The molecule has 2 aromatic heterocycles. The average molecular weight is 348 g/mol. The van der Waals surface area contributed by atoms with Gasteiger partial charge in [0.2, 0.25) is 0 Å². The number of aromatic nitrogens is 5. The van der Waals surface area contributed by atoms with Crippen LogP contribution in [-0.4, -0.2) is 29.5 Å². The van der Waals surface area contributed by atoms with Crippen molar-refractivity contribution >= 4 is 16.9 Å². The van der Waals surface area contributed by atoms with E-state index in [2.05, 4.69) is 15.3 Å². The second-order valence-corrected chi connectivity index (χ2v) is 5.57. The molecule has 0 radical (unpaired) electrons. The van der Waals surface area contributed by atoms with E-state index in [1.165, 1.54) is 21.6 Å². The van der Waals surface area contributed by atoms with Crippen molar-refractivity contribution in [3.05, 3.63) is 87.0 Å². The first kappa shape index (κ1) is 15.6. The lowest BCUT2D eigenvalue weighted by molar-refractivity contribution is -0.385. The standard InChI is InChI=1S/C17H12N6O3/c24-17-15-16(22(20-19-15)13-7-2-1-3-8-13)18-11-21(17)10-12-6-4-5-9-14(12)23(25)26/h1-9,11H,10H2. The third-order valence-electron chi connectivity index (χ3n) is 3.96. The van der Waals surface area contributed by atoms with Crippen molar-refractivity contribution in [1.29, 1.82) is 0 Å². The Morgan fingerprint density at radius 1 is 1.04 bits per heavy atom. The number of para-hydroxylation sites is 2. The van der Waals surface area contributed by atoms with Crippen LogP contribution in [0.2, 0.25) is 0 Å². The van der Waals surface area contributed by atoms with Gasteiger partial charge < -0.3 is 0 Å². The Bertz CT molecular complexity index is 1170. The van der Waals surface area contributed by atoms with Gasteiger partial charge in [0.25, 0.3) is 11.2 Å². The number of nitro benzene ring substituents is 1. The maximum Gasteiger partial charge on any atom is 0.283 e. The molecule has 0 aliphatic carbocycles. The van der Waals surface area contributed by atoms with Crippen LogP contribution in [0.15, 0.2) is 65.7 Å². The van der Waals surface area contributed by atoms with E-state index in [9.17, 15) is 14.9 Å². The van der Waals surface area contributed by atoms with Crippen molar-refractivity contribution in [2.75, 3.05) is 0 Å². The maximum absolute atomic E-state index is 12.7. The van der Waals surface area contributed by atoms with Gasteiger partial charge in [0.15, 0.2) is 11.2 Å². The molecule has 0 unspecified atom stereocenters. The van der Waals surface area contributed by atoms with Crippen LogP contribution < -0.4 is 5.56 Å². The van der Waals surface area contributed by atoms with Crippen molar-refractivity contribution in [3.8, 4) is 5.69 Å². The van der Waals surface area contributed by atoms with E-state index in [4.69, 9.17) is 0 Å².